The third-order valence-corrected chi connectivity index (χ3v) is 3.66. The molecule has 3 rings (SSSR count). The van der Waals surface area contributed by atoms with Gasteiger partial charge in [-0.3, -0.25) is 0 Å². The van der Waals surface area contributed by atoms with E-state index in [-0.39, 0.29) is 0 Å². The highest BCUT2D eigenvalue weighted by atomic mass is 14.3. The zero-order valence-electron chi connectivity index (χ0n) is 8.72. The molecule has 2 aliphatic carbocycles. The quantitative estimate of drug-likeness (QED) is 0.575. The summed E-state index contributed by atoms with van der Waals surface area (Å²) in [4.78, 5) is 0. The van der Waals surface area contributed by atoms with Gasteiger partial charge in [-0.15, -0.1) is 0 Å². The van der Waals surface area contributed by atoms with Crippen molar-refractivity contribution < 1.29 is 0 Å². The molecule has 0 spiro atoms. The summed E-state index contributed by atoms with van der Waals surface area (Å²) < 4.78 is 0. The topological polar surface area (TPSA) is 0 Å². The minimum absolute atomic E-state index is 0.906. The fraction of sp³-hybridized carbons (Fsp3) is 0.429. The van der Waals surface area contributed by atoms with E-state index in [0.717, 1.165) is 5.92 Å². The molecule has 1 aromatic carbocycles. The van der Waals surface area contributed by atoms with Gasteiger partial charge in [0.1, 0.15) is 0 Å². The van der Waals surface area contributed by atoms with E-state index >= 15 is 0 Å². The van der Waals surface area contributed by atoms with Crippen molar-refractivity contribution in [1.82, 2.24) is 0 Å². The number of benzene rings is 1. The highest BCUT2D eigenvalue weighted by Crippen LogP contribution is 2.42. The molecule has 0 heteroatoms. The first-order chi connectivity index (χ1) is 6.84. The van der Waals surface area contributed by atoms with Crippen molar-refractivity contribution in [3.63, 3.8) is 0 Å². The third-order valence-electron chi connectivity index (χ3n) is 3.66. The molecular weight excluding hydrogens is 168 g/mol. The lowest BCUT2D eigenvalue weighted by Crippen LogP contribution is -2.04. The van der Waals surface area contributed by atoms with Crippen LogP contribution in [0.5, 0.6) is 0 Å². The van der Waals surface area contributed by atoms with Gasteiger partial charge in [0.25, 0.3) is 0 Å². The molecule has 2 aliphatic rings. The summed E-state index contributed by atoms with van der Waals surface area (Å²) in [5, 5.41) is 0. The van der Waals surface area contributed by atoms with Crippen molar-refractivity contribution in [2.45, 2.75) is 32.6 Å². The van der Waals surface area contributed by atoms with Crippen molar-refractivity contribution in [3.05, 3.63) is 41.0 Å². The molecular formula is C14H16. The first kappa shape index (κ1) is 8.28. The molecule has 0 amide bonds. The van der Waals surface area contributed by atoms with Crippen molar-refractivity contribution in [1.29, 1.82) is 0 Å². The smallest absolute Gasteiger partial charge is 0.00549 e. The average Bonchev–Trinajstić information content (AvgIpc) is 2.54. The third kappa shape index (κ3) is 1.13. The standard InChI is InChI=1S/C14H16/c1-10-6-7-14-12(8-10)9-11-4-2-3-5-13(11)14/h2-5,10H,6-9H2,1H3. The molecule has 0 nitrogen and oxygen atoms in total. The van der Waals surface area contributed by atoms with Gasteiger partial charge in [0.05, 0.1) is 0 Å². The fourth-order valence-corrected chi connectivity index (χ4v) is 2.92. The lowest BCUT2D eigenvalue weighted by Gasteiger charge is -2.20. The Hall–Kier alpha value is -1.04. The van der Waals surface area contributed by atoms with Crippen molar-refractivity contribution in [2.75, 3.05) is 0 Å². The van der Waals surface area contributed by atoms with Gasteiger partial charge in [-0.05, 0) is 48.3 Å². The van der Waals surface area contributed by atoms with Gasteiger partial charge in [-0.2, -0.15) is 0 Å². The maximum Gasteiger partial charge on any atom is -0.00549 e. The highest BCUT2D eigenvalue weighted by molar-refractivity contribution is 5.77. The normalized spacial score (nSPS) is 24.8. The van der Waals surface area contributed by atoms with Crippen LogP contribution in [0.1, 0.15) is 37.3 Å². The van der Waals surface area contributed by atoms with Crippen LogP contribution in [0.15, 0.2) is 29.8 Å². The Kier molecular flexibility index (Phi) is 1.76. The highest BCUT2D eigenvalue weighted by Gasteiger charge is 2.25. The summed E-state index contributed by atoms with van der Waals surface area (Å²) in [6, 6.07) is 8.93. The first-order valence-corrected chi connectivity index (χ1v) is 5.64. The Morgan fingerprint density at radius 3 is 3.00 bits per heavy atom. The Morgan fingerprint density at radius 1 is 1.21 bits per heavy atom. The van der Waals surface area contributed by atoms with E-state index in [4.69, 9.17) is 0 Å². The summed E-state index contributed by atoms with van der Waals surface area (Å²) >= 11 is 0. The molecule has 0 radical (unpaired) electrons. The molecule has 1 aromatic rings. The number of rotatable bonds is 0. The minimum atomic E-state index is 0.906. The van der Waals surface area contributed by atoms with Crippen LogP contribution in [-0.2, 0) is 6.42 Å². The van der Waals surface area contributed by atoms with Crippen LogP contribution < -0.4 is 0 Å². The van der Waals surface area contributed by atoms with Gasteiger partial charge in [0.2, 0.25) is 0 Å². The summed E-state index contributed by atoms with van der Waals surface area (Å²) in [6.07, 6.45) is 5.26. The lowest BCUT2D eigenvalue weighted by molar-refractivity contribution is 0.515. The van der Waals surface area contributed by atoms with E-state index in [1.165, 1.54) is 25.7 Å². The average molecular weight is 184 g/mol. The zero-order valence-corrected chi connectivity index (χ0v) is 8.72. The molecule has 0 aromatic heterocycles. The molecule has 14 heavy (non-hydrogen) atoms. The predicted octanol–water partition coefficient (Wildman–Crippen LogP) is 3.82. The van der Waals surface area contributed by atoms with Crippen LogP contribution in [0.4, 0.5) is 0 Å². The largest absolute Gasteiger partial charge is 0.0622 e. The Morgan fingerprint density at radius 2 is 2.07 bits per heavy atom. The lowest BCUT2D eigenvalue weighted by atomic mass is 9.85. The maximum absolute atomic E-state index is 2.38. The van der Waals surface area contributed by atoms with Crippen LogP contribution in [-0.4, -0.2) is 0 Å². The second-order valence-electron chi connectivity index (χ2n) is 4.76. The van der Waals surface area contributed by atoms with E-state index in [0.29, 0.717) is 0 Å². The van der Waals surface area contributed by atoms with Gasteiger partial charge in [-0.25, -0.2) is 0 Å². The molecule has 0 bridgehead atoms. The SMILES string of the molecule is CC1CCC2=C(Cc3ccccc32)C1. The molecule has 1 atom stereocenters. The monoisotopic (exact) mass is 184 g/mol. The van der Waals surface area contributed by atoms with Crippen molar-refractivity contribution in [3.8, 4) is 0 Å². The second-order valence-corrected chi connectivity index (χ2v) is 4.76. The summed E-state index contributed by atoms with van der Waals surface area (Å²) in [7, 11) is 0. The van der Waals surface area contributed by atoms with Crippen LogP contribution in [0.2, 0.25) is 0 Å². The molecule has 0 saturated carbocycles. The van der Waals surface area contributed by atoms with Crippen molar-refractivity contribution in [2.24, 2.45) is 5.92 Å². The summed E-state index contributed by atoms with van der Waals surface area (Å²) in [5.41, 5.74) is 6.52. The van der Waals surface area contributed by atoms with Crippen LogP contribution >= 0.6 is 0 Å². The molecule has 0 heterocycles. The number of allylic oxidation sites excluding steroid dienone is 2. The first-order valence-electron chi connectivity index (χ1n) is 5.64. The van der Waals surface area contributed by atoms with Crippen LogP contribution in [0, 0.1) is 5.92 Å². The summed E-state index contributed by atoms with van der Waals surface area (Å²) in [6.45, 7) is 2.38. The molecule has 1 unspecified atom stereocenters. The fourth-order valence-electron chi connectivity index (χ4n) is 2.92. The minimum Gasteiger partial charge on any atom is -0.0622 e. The van der Waals surface area contributed by atoms with E-state index in [1.54, 1.807) is 22.3 Å². The van der Waals surface area contributed by atoms with Gasteiger partial charge in [0, 0.05) is 0 Å². The maximum atomic E-state index is 2.38. The molecule has 72 valence electrons. The molecule has 0 aliphatic heterocycles. The summed E-state index contributed by atoms with van der Waals surface area (Å²) in [5.74, 6) is 0.906. The van der Waals surface area contributed by atoms with Gasteiger partial charge >= 0.3 is 0 Å². The number of hydrogen-bond acceptors (Lipinski definition) is 0. The van der Waals surface area contributed by atoms with Crippen LogP contribution in [0.25, 0.3) is 5.57 Å². The van der Waals surface area contributed by atoms with Crippen molar-refractivity contribution >= 4 is 5.57 Å². The van der Waals surface area contributed by atoms with Gasteiger partial charge < -0.3 is 0 Å². The number of hydrogen-bond donors (Lipinski definition) is 0. The molecule has 0 fully saturated rings. The number of fused-ring (bicyclic) bond motifs is 2. The van der Waals surface area contributed by atoms with Crippen LogP contribution in [0.3, 0.4) is 0 Å². The Bertz CT molecular complexity index is 398. The van der Waals surface area contributed by atoms with E-state index in [1.807, 2.05) is 0 Å². The Labute approximate surface area is 85.6 Å². The van der Waals surface area contributed by atoms with Gasteiger partial charge in [0.15, 0.2) is 0 Å². The van der Waals surface area contributed by atoms with E-state index < -0.39 is 0 Å². The predicted molar refractivity (Wildman–Crippen MR) is 60.1 cm³/mol. The second kappa shape index (κ2) is 2.98. The molecule has 0 N–H and O–H groups in total. The van der Waals surface area contributed by atoms with Gasteiger partial charge in [-0.1, -0.05) is 36.8 Å². The molecule has 0 saturated heterocycles. The zero-order chi connectivity index (χ0) is 9.54. The van der Waals surface area contributed by atoms with E-state index in [2.05, 4.69) is 31.2 Å². The van der Waals surface area contributed by atoms with E-state index in [9.17, 15) is 0 Å². The Balaban J connectivity index is 2.05.